The highest BCUT2D eigenvalue weighted by atomic mass is 35.5. The van der Waals surface area contributed by atoms with Crippen molar-refractivity contribution in [2.24, 2.45) is 15.7 Å². The van der Waals surface area contributed by atoms with E-state index in [0.29, 0.717) is 27.0 Å². The number of anilines is 2. The Balaban J connectivity index is 1.81. The molecule has 2 amide bonds. The van der Waals surface area contributed by atoms with E-state index in [-0.39, 0.29) is 11.9 Å². The van der Waals surface area contributed by atoms with E-state index in [1.165, 1.54) is 6.92 Å². The van der Waals surface area contributed by atoms with Gasteiger partial charge in [-0.1, -0.05) is 41.4 Å². The maximum Gasteiger partial charge on any atom is 0.289 e. The highest BCUT2D eigenvalue weighted by Crippen LogP contribution is 2.44. The SMILES string of the molecule is CC(=O)N1C(=O)C2(N=C(N)NC(Nc3ccc(Cl)c(Cl)c3)=N2)c2ccccc21. The van der Waals surface area contributed by atoms with Gasteiger partial charge in [0.25, 0.3) is 11.6 Å². The number of para-hydroxylation sites is 1. The zero-order chi connectivity index (χ0) is 20.1. The Hall–Kier alpha value is -3.10. The van der Waals surface area contributed by atoms with Crippen molar-refractivity contribution in [3.8, 4) is 0 Å². The summed E-state index contributed by atoms with van der Waals surface area (Å²) in [6, 6.07) is 11.8. The summed E-state index contributed by atoms with van der Waals surface area (Å²) in [6.45, 7) is 1.31. The molecule has 4 rings (SSSR count). The van der Waals surface area contributed by atoms with Crippen molar-refractivity contribution in [2.75, 3.05) is 10.2 Å². The Labute approximate surface area is 170 Å². The van der Waals surface area contributed by atoms with Crippen molar-refractivity contribution < 1.29 is 9.59 Å². The summed E-state index contributed by atoms with van der Waals surface area (Å²) in [4.78, 5) is 35.0. The number of rotatable bonds is 1. The van der Waals surface area contributed by atoms with Gasteiger partial charge in [-0.15, -0.1) is 0 Å². The largest absolute Gasteiger partial charge is 0.370 e. The summed E-state index contributed by atoms with van der Waals surface area (Å²) in [5.74, 6) is -0.875. The van der Waals surface area contributed by atoms with Crippen LogP contribution in [0.2, 0.25) is 10.0 Å². The molecule has 1 unspecified atom stereocenters. The van der Waals surface area contributed by atoms with Crippen LogP contribution in [-0.2, 0) is 15.3 Å². The fourth-order valence-corrected chi connectivity index (χ4v) is 3.48. The molecule has 0 bridgehead atoms. The monoisotopic (exact) mass is 416 g/mol. The molecule has 1 spiro atoms. The van der Waals surface area contributed by atoms with Crippen LogP contribution in [0.4, 0.5) is 11.4 Å². The number of benzene rings is 2. The van der Waals surface area contributed by atoms with Crippen molar-refractivity contribution in [1.29, 1.82) is 0 Å². The molecule has 8 nitrogen and oxygen atoms in total. The number of imide groups is 1. The van der Waals surface area contributed by atoms with E-state index in [2.05, 4.69) is 20.6 Å². The van der Waals surface area contributed by atoms with Crippen LogP contribution in [0, 0.1) is 0 Å². The second-order valence-corrected chi connectivity index (χ2v) is 7.00. The van der Waals surface area contributed by atoms with Gasteiger partial charge in [0.1, 0.15) is 0 Å². The van der Waals surface area contributed by atoms with E-state index in [1.807, 2.05) is 0 Å². The molecular formula is C18H14Cl2N6O2. The topological polar surface area (TPSA) is 112 Å². The standard InChI is InChI=1S/C18H14Cl2N6O2/c1-9(27)26-14-5-3-2-4-11(14)18(15(26)28)24-16(21)23-17(25-18)22-10-6-7-12(19)13(20)8-10/h2-8H,1H3,(H4,21,22,23,24,25). The number of hydrogen-bond donors (Lipinski definition) is 3. The van der Waals surface area contributed by atoms with Crippen LogP contribution >= 0.6 is 23.2 Å². The zero-order valence-corrected chi connectivity index (χ0v) is 16.0. The normalized spacial score (nSPS) is 20.4. The molecule has 0 saturated heterocycles. The van der Waals surface area contributed by atoms with Gasteiger partial charge in [0.15, 0.2) is 5.96 Å². The van der Waals surface area contributed by atoms with Gasteiger partial charge in [-0.2, -0.15) is 0 Å². The lowest BCUT2D eigenvalue weighted by atomic mass is 10.0. The number of amides is 2. The van der Waals surface area contributed by atoms with Crippen LogP contribution in [0.15, 0.2) is 52.4 Å². The van der Waals surface area contributed by atoms with Gasteiger partial charge in [0.2, 0.25) is 11.9 Å². The van der Waals surface area contributed by atoms with Crippen LogP contribution in [0.3, 0.4) is 0 Å². The van der Waals surface area contributed by atoms with Crippen LogP contribution in [0.5, 0.6) is 0 Å². The Morgan fingerprint density at radius 3 is 2.64 bits per heavy atom. The lowest BCUT2D eigenvalue weighted by molar-refractivity contribution is -0.127. The molecule has 142 valence electrons. The maximum absolute atomic E-state index is 13.2. The fraction of sp³-hybridized carbons (Fsp3) is 0.111. The quantitative estimate of drug-likeness (QED) is 0.660. The molecule has 2 aliphatic rings. The van der Waals surface area contributed by atoms with Gasteiger partial charge in [-0.05, 0) is 24.3 Å². The fourth-order valence-electron chi connectivity index (χ4n) is 3.18. The molecule has 2 aromatic carbocycles. The molecular weight excluding hydrogens is 403 g/mol. The number of nitrogens with one attached hydrogen (secondary N) is 2. The highest BCUT2D eigenvalue weighted by molar-refractivity contribution is 6.42. The van der Waals surface area contributed by atoms with E-state index < -0.39 is 17.5 Å². The van der Waals surface area contributed by atoms with Crippen molar-refractivity contribution in [3.63, 3.8) is 0 Å². The van der Waals surface area contributed by atoms with Crippen molar-refractivity contribution in [2.45, 2.75) is 12.6 Å². The number of fused-ring (bicyclic) bond motifs is 2. The average Bonchev–Trinajstić information content (AvgIpc) is 2.86. The predicted molar refractivity (Wildman–Crippen MR) is 109 cm³/mol. The van der Waals surface area contributed by atoms with Gasteiger partial charge in [-0.25, -0.2) is 14.9 Å². The molecule has 2 aliphatic heterocycles. The Morgan fingerprint density at radius 2 is 1.93 bits per heavy atom. The minimum Gasteiger partial charge on any atom is -0.370 e. The lowest BCUT2D eigenvalue weighted by Crippen LogP contribution is -2.51. The summed E-state index contributed by atoms with van der Waals surface area (Å²) in [7, 11) is 0. The molecule has 1 atom stereocenters. The summed E-state index contributed by atoms with van der Waals surface area (Å²) in [5, 5.41) is 6.54. The third-order valence-electron chi connectivity index (χ3n) is 4.32. The first-order chi connectivity index (χ1) is 13.3. The molecule has 10 heteroatoms. The molecule has 0 aliphatic carbocycles. The number of guanidine groups is 2. The third kappa shape index (κ3) is 2.78. The first kappa shape index (κ1) is 18.3. The molecule has 2 heterocycles. The van der Waals surface area contributed by atoms with Crippen LogP contribution < -0.4 is 21.3 Å². The number of aliphatic imine (C=N–C) groups is 2. The molecule has 2 aromatic rings. The molecule has 4 N–H and O–H groups in total. The lowest BCUT2D eigenvalue weighted by Gasteiger charge is -2.27. The predicted octanol–water partition coefficient (Wildman–Crippen LogP) is 2.43. The number of hydrogen-bond acceptors (Lipinski definition) is 7. The van der Waals surface area contributed by atoms with Gasteiger partial charge in [-0.3, -0.25) is 14.9 Å². The maximum atomic E-state index is 13.2. The van der Waals surface area contributed by atoms with E-state index in [1.54, 1.807) is 42.5 Å². The Morgan fingerprint density at radius 1 is 1.18 bits per heavy atom. The van der Waals surface area contributed by atoms with E-state index in [9.17, 15) is 9.59 Å². The van der Waals surface area contributed by atoms with Crippen LogP contribution in [-0.4, -0.2) is 23.7 Å². The summed E-state index contributed by atoms with van der Waals surface area (Å²) in [6.07, 6.45) is 0. The molecule has 28 heavy (non-hydrogen) atoms. The summed E-state index contributed by atoms with van der Waals surface area (Å²) < 4.78 is 0. The third-order valence-corrected chi connectivity index (χ3v) is 5.06. The molecule has 0 radical (unpaired) electrons. The zero-order valence-electron chi connectivity index (χ0n) is 14.5. The van der Waals surface area contributed by atoms with Crippen LogP contribution in [0.25, 0.3) is 0 Å². The first-order valence-corrected chi connectivity index (χ1v) is 8.96. The Kier molecular flexibility index (Phi) is 4.24. The van der Waals surface area contributed by atoms with Gasteiger partial charge < -0.3 is 11.1 Å². The van der Waals surface area contributed by atoms with Gasteiger partial charge in [0.05, 0.1) is 15.7 Å². The van der Waals surface area contributed by atoms with Crippen molar-refractivity contribution in [3.05, 3.63) is 58.1 Å². The summed E-state index contributed by atoms with van der Waals surface area (Å²) >= 11 is 12.0. The molecule has 0 aromatic heterocycles. The van der Waals surface area contributed by atoms with Crippen molar-refractivity contribution in [1.82, 2.24) is 5.32 Å². The Bertz CT molecular complexity index is 1080. The second kappa shape index (κ2) is 6.50. The van der Waals surface area contributed by atoms with E-state index in [4.69, 9.17) is 28.9 Å². The number of nitrogens with zero attached hydrogens (tertiary/aromatic N) is 3. The van der Waals surface area contributed by atoms with Gasteiger partial charge >= 0.3 is 0 Å². The van der Waals surface area contributed by atoms with Gasteiger partial charge in [0, 0.05) is 18.2 Å². The number of halogens is 2. The molecule has 0 saturated carbocycles. The molecule has 0 fully saturated rings. The first-order valence-electron chi connectivity index (χ1n) is 8.21. The summed E-state index contributed by atoms with van der Waals surface area (Å²) in [5.41, 5.74) is 5.73. The van der Waals surface area contributed by atoms with Crippen LogP contribution in [0.1, 0.15) is 12.5 Å². The minimum atomic E-state index is -1.68. The van der Waals surface area contributed by atoms with E-state index >= 15 is 0 Å². The van der Waals surface area contributed by atoms with Crippen molar-refractivity contribution >= 4 is 58.3 Å². The second-order valence-electron chi connectivity index (χ2n) is 6.19. The smallest absolute Gasteiger partial charge is 0.289 e. The number of nitrogens with two attached hydrogens (primary N) is 1. The minimum absolute atomic E-state index is 0.0221. The number of carbonyl (C=O) groups excluding carboxylic acids is 2. The van der Waals surface area contributed by atoms with E-state index in [0.717, 1.165) is 4.90 Å². The number of carbonyl (C=O) groups is 2. The average molecular weight is 417 g/mol. The highest BCUT2D eigenvalue weighted by Gasteiger charge is 2.54.